The van der Waals surface area contributed by atoms with Crippen LogP contribution in [-0.2, 0) is 10.1 Å². The van der Waals surface area contributed by atoms with Crippen molar-refractivity contribution in [1.82, 2.24) is 4.98 Å². The summed E-state index contributed by atoms with van der Waals surface area (Å²) in [5.41, 5.74) is 3.27. The van der Waals surface area contributed by atoms with Gasteiger partial charge >= 0.3 is 0 Å². The fraction of sp³-hybridized carbons (Fsp3) is 0.0500. The molecule has 27 heavy (non-hydrogen) atoms. The van der Waals surface area contributed by atoms with Gasteiger partial charge in [0.1, 0.15) is 5.01 Å². The fourth-order valence-corrected chi connectivity index (χ4v) is 4.61. The third-order valence-electron chi connectivity index (χ3n) is 3.71. The Morgan fingerprint density at radius 1 is 0.926 bits per heavy atom. The van der Waals surface area contributed by atoms with Crippen LogP contribution in [-0.4, -0.2) is 18.0 Å². The summed E-state index contributed by atoms with van der Waals surface area (Å²) >= 11 is 4.08. The minimum Gasteiger partial charge on any atom is -0.282 e. The second-order valence-electron chi connectivity index (χ2n) is 5.76. The number of rotatable bonds is 2. The molecule has 0 saturated carbocycles. The Morgan fingerprint density at radius 2 is 1.59 bits per heavy atom. The Labute approximate surface area is 175 Å². The van der Waals surface area contributed by atoms with E-state index >= 15 is 0 Å². The third-order valence-corrected chi connectivity index (χ3v) is 6.52. The highest BCUT2D eigenvalue weighted by Crippen LogP contribution is 2.31. The molecular formula is C20H16INO3S2. The highest BCUT2D eigenvalue weighted by Gasteiger charge is 2.08. The van der Waals surface area contributed by atoms with Crippen LogP contribution in [0.1, 0.15) is 5.56 Å². The molecule has 4 rings (SSSR count). The molecule has 3 aromatic carbocycles. The van der Waals surface area contributed by atoms with Gasteiger partial charge in [0.05, 0.1) is 15.1 Å². The number of halogens is 1. The van der Waals surface area contributed by atoms with E-state index in [1.807, 2.05) is 25.1 Å². The lowest BCUT2D eigenvalue weighted by Crippen LogP contribution is -1.96. The summed E-state index contributed by atoms with van der Waals surface area (Å²) < 4.78 is 32.0. The average molecular weight is 509 g/mol. The van der Waals surface area contributed by atoms with Crippen LogP contribution in [0, 0.1) is 10.5 Å². The zero-order valence-electron chi connectivity index (χ0n) is 14.3. The van der Waals surface area contributed by atoms with Crippen molar-refractivity contribution in [3.8, 4) is 10.6 Å². The highest BCUT2D eigenvalue weighted by atomic mass is 127. The van der Waals surface area contributed by atoms with E-state index < -0.39 is 10.1 Å². The van der Waals surface area contributed by atoms with Crippen molar-refractivity contribution in [3.05, 3.63) is 81.9 Å². The minimum atomic E-state index is -4.02. The molecule has 0 amide bonds. The van der Waals surface area contributed by atoms with Gasteiger partial charge in [-0.3, -0.25) is 4.55 Å². The van der Waals surface area contributed by atoms with Crippen LogP contribution < -0.4 is 0 Å². The molecule has 0 bridgehead atoms. The lowest BCUT2D eigenvalue weighted by Gasteiger charge is -1.95. The van der Waals surface area contributed by atoms with Crippen molar-refractivity contribution in [1.29, 1.82) is 0 Å². The number of hydrogen-bond acceptors (Lipinski definition) is 4. The van der Waals surface area contributed by atoms with Crippen LogP contribution in [0.15, 0.2) is 77.7 Å². The van der Waals surface area contributed by atoms with Crippen LogP contribution >= 0.6 is 33.9 Å². The molecule has 1 aromatic heterocycles. The zero-order chi connectivity index (χ0) is 19.4. The molecule has 4 nitrogen and oxygen atoms in total. The topological polar surface area (TPSA) is 67.3 Å². The maximum Gasteiger partial charge on any atom is 0.294 e. The largest absolute Gasteiger partial charge is 0.294 e. The van der Waals surface area contributed by atoms with Gasteiger partial charge in [-0.25, -0.2) is 4.98 Å². The summed E-state index contributed by atoms with van der Waals surface area (Å²) in [5.74, 6) is 0. The van der Waals surface area contributed by atoms with Crippen LogP contribution in [0.25, 0.3) is 20.8 Å². The van der Waals surface area contributed by atoms with Gasteiger partial charge in [0, 0.05) is 9.13 Å². The number of para-hydroxylation sites is 1. The summed E-state index contributed by atoms with van der Waals surface area (Å²) in [6, 6.07) is 22.6. The van der Waals surface area contributed by atoms with Gasteiger partial charge in [0.25, 0.3) is 10.1 Å². The van der Waals surface area contributed by atoms with Gasteiger partial charge in [0.15, 0.2) is 0 Å². The molecule has 0 aliphatic rings. The standard InChI is InChI=1S/C13H8INS.C7H8O3S/c14-10-7-4-8-11-12(10)15-13(16-11)9-5-2-1-3-6-9;1-6-2-4-7(5-3-6)11(8,9)10/h1-8H;2-5H,1H3,(H,8,9,10). The van der Waals surface area contributed by atoms with Crippen molar-refractivity contribution in [2.45, 2.75) is 11.8 Å². The molecule has 0 saturated heterocycles. The first-order valence-electron chi connectivity index (χ1n) is 7.99. The molecule has 0 aliphatic carbocycles. The third kappa shape index (κ3) is 5.13. The zero-order valence-corrected chi connectivity index (χ0v) is 18.1. The minimum absolute atomic E-state index is 0.0666. The molecule has 0 atom stereocenters. The first-order valence-corrected chi connectivity index (χ1v) is 11.3. The number of thiazole rings is 1. The van der Waals surface area contributed by atoms with Crippen LogP contribution in [0.2, 0.25) is 0 Å². The van der Waals surface area contributed by atoms with E-state index in [9.17, 15) is 8.42 Å². The Bertz CT molecular complexity index is 1160. The summed E-state index contributed by atoms with van der Waals surface area (Å²) in [6.45, 7) is 1.84. The van der Waals surface area contributed by atoms with E-state index in [2.05, 4.69) is 52.9 Å². The van der Waals surface area contributed by atoms with Crippen LogP contribution in [0.3, 0.4) is 0 Å². The molecule has 7 heteroatoms. The normalized spacial score (nSPS) is 11.1. The number of aryl methyl sites for hydroxylation is 1. The van der Waals surface area contributed by atoms with Gasteiger partial charge in [-0.2, -0.15) is 8.42 Å². The molecule has 0 radical (unpaired) electrons. The van der Waals surface area contributed by atoms with E-state index in [1.54, 1.807) is 23.5 Å². The summed E-state index contributed by atoms with van der Waals surface area (Å²) in [4.78, 5) is 4.63. The first-order chi connectivity index (χ1) is 12.8. The smallest absolute Gasteiger partial charge is 0.282 e. The van der Waals surface area contributed by atoms with Crippen molar-refractivity contribution in [2.75, 3.05) is 0 Å². The van der Waals surface area contributed by atoms with Crippen molar-refractivity contribution in [2.24, 2.45) is 0 Å². The van der Waals surface area contributed by atoms with E-state index in [-0.39, 0.29) is 4.90 Å². The average Bonchev–Trinajstić information content (AvgIpc) is 3.08. The first kappa shape index (κ1) is 19.9. The number of aromatic nitrogens is 1. The predicted molar refractivity (Wildman–Crippen MR) is 119 cm³/mol. The maximum atomic E-state index is 10.5. The molecule has 0 fully saturated rings. The Kier molecular flexibility index (Phi) is 6.25. The second-order valence-corrected chi connectivity index (χ2v) is 9.37. The Balaban J connectivity index is 0.000000168. The molecule has 0 aliphatic heterocycles. The van der Waals surface area contributed by atoms with Gasteiger partial charge < -0.3 is 0 Å². The molecule has 0 unspecified atom stereocenters. The van der Waals surface area contributed by atoms with E-state index in [4.69, 9.17) is 9.54 Å². The highest BCUT2D eigenvalue weighted by molar-refractivity contribution is 14.1. The molecule has 1 heterocycles. The Hall–Kier alpha value is -1.81. The second kappa shape index (κ2) is 8.47. The molecule has 138 valence electrons. The van der Waals surface area contributed by atoms with Crippen molar-refractivity contribution >= 4 is 54.3 Å². The molecule has 0 spiro atoms. The van der Waals surface area contributed by atoms with Crippen LogP contribution in [0.5, 0.6) is 0 Å². The van der Waals surface area contributed by atoms with Gasteiger partial charge in [-0.1, -0.05) is 54.1 Å². The van der Waals surface area contributed by atoms with Gasteiger partial charge in [-0.15, -0.1) is 11.3 Å². The lowest BCUT2D eigenvalue weighted by molar-refractivity contribution is 0.483. The molecule has 4 aromatic rings. The number of benzene rings is 3. The number of fused-ring (bicyclic) bond motifs is 1. The Morgan fingerprint density at radius 3 is 2.19 bits per heavy atom. The summed E-state index contributed by atoms with van der Waals surface area (Å²) in [7, 11) is -4.02. The SMILES string of the molecule is Cc1ccc(S(=O)(=O)O)cc1.Ic1cccc2sc(-c3ccccc3)nc12. The monoisotopic (exact) mass is 509 g/mol. The number of hydrogen-bond donors (Lipinski definition) is 1. The summed E-state index contributed by atoms with van der Waals surface area (Å²) in [5, 5.41) is 1.10. The van der Waals surface area contributed by atoms with E-state index in [0.717, 1.165) is 16.1 Å². The quantitative estimate of drug-likeness (QED) is 0.274. The van der Waals surface area contributed by atoms with Gasteiger partial charge in [0.2, 0.25) is 0 Å². The lowest BCUT2D eigenvalue weighted by atomic mass is 10.2. The molecule has 1 N–H and O–H groups in total. The van der Waals surface area contributed by atoms with Crippen molar-refractivity contribution < 1.29 is 13.0 Å². The van der Waals surface area contributed by atoms with Crippen LogP contribution in [0.4, 0.5) is 0 Å². The summed E-state index contributed by atoms with van der Waals surface area (Å²) in [6.07, 6.45) is 0. The molecular weight excluding hydrogens is 493 g/mol. The number of nitrogens with zero attached hydrogens (tertiary/aromatic N) is 1. The van der Waals surface area contributed by atoms with Crippen molar-refractivity contribution in [3.63, 3.8) is 0 Å². The maximum absolute atomic E-state index is 10.5. The van der Waals surface area contributed by atoms with Gasteiger partial charge in [-0.05, 0) is 53.8 Å². The predicted octanol–water partition coefficient (Wildman–Crippen LogP) is 5.81. The fourth-order valence-electron chi connectivity index (χ4n) is 2.33. The van der Waals surface area contributed by atoms with E-state index in [1.165, 1.54) is 26.0 Å². The van der Waals surface area contributed by atoms with E-state index in [0.29, 0.717) is 0 Å².